The average molecular weight is 477 g/mol. The van der Waals surface area contributed by atoms with Gasteiger partial charge in [0.25, 0.3) is 0 Å². The molecule has 0 spiro atoms. The molecule has 2 rings (SSSR count). The number of amides is 1. The Morgan fingerprint density at radius 3 is 1.91 bits per heavy atom. The first kappa shape index (κ1) is 25.4. The molecule has 0 aliphatic rings. The molecule has 3 N–H and O–H groups in total. The van der Waals surface area contributed by atoms with Gasteiger partial charge in [0.2, 0.25) is 5.91 Å². The van der Waals surface area contributed by atoms with Crippen molar-refractivity contribution in [2.75, 3.05) is 12.4 Å². The molecule has 32 heavy (non-hydrogen) atoms. The van der Waals surface area contributed by atoms with Crippen LogP contribution in [0.15, 0.2) is 53.4 Å². The number of hydroxylamine groups is 1. The second kappa shape index (κ2) is 9.76. The van der Waals surface area contributed by atoms with Gasteiger partial charge in [0, 0.05) is 12.0 Å². The SMILES string of the molecule is CC(C)(CO)C(CS(=O)(=O)c1ccc(Oc2ccc(OC(F)(F)F)cc2)cc1)C(=O)NO. The fourth-order valence-electron chi connectivity index (χ4n) is 2.72. The molecule has 176 valence electrons. The molecular formula is C20H22F3NO7S. The Kier molecular flexibility index (Phi) is 7.75. The first-order valence-corrected chi connectivity index (χ1v) is 10.8. The monoisotopic (exact) mass is 477 g/mol. The van der Waals surface area contributed by atoms with Gasteiger partial charge in [-0.1, -0.05) is 13.8 Å². The van der Waals surface area contributed by atoms with E-state index >= 15 is 0 Å². The fourth-order valence-corrected chi connectivity index (χ4v) is 4.50. The van der Waals surface area contributed by atoms with Crippen LogP contribution in [0.5, 0.6) is 17.2 Å². The minimum absolute atomic E-state index is 0.122. The van der Waals surface area contributed by atoms with Crippen molar-refractivity contribution in [1.82, 2.24) is 5.48 Å². The molecule has 0 aromatic heterocycles. The standard InChI is InChI=1S/C20H22F3NO7S/c1-19(2,12-25)17(18(26)24-27)11-32(28,29)16-9-7-14(8-10-16)30-13-3-5-15(6-4-13)31-20(21,22)23/h3-10,17,25,27H,11-12H2,1-2H3,(H,24,26). The molecule has 2 aromatic carbocycles. The molecule has 2 aromatic rings. The number of hydrogen-bond donors (Lipinski definition) is 3. The van der Waals surface area contributed by atoms with E-state index in [0.717, 1.165) is 12.1 Å². The van der Waals surface area contributed by atoms with Crippen molar-refractivity contribution < 1.29 is 46.2 Å². The van der Waals surface area contributed by atoms with Gasteiger partial charge in [-0.2, -0.15) is 0 Å². The van der Waals surface area contributed by atoms with Gasteiger partial charge < -0.3 is 14.6 Å². The van der Waals surface area contributed by atoms with Gasteiger partial charge in [0.05, 0.1) is 16.6 Å². The first-order valence-electron chi connectivity index (χ1n) is 9.19. The summed E-state index contributed by atoms with van der Waals surface area (Å²) in [6.07, 6.45) is -4.81. The van der Waals surface area contributed by atoms with E-state index in [2.05, 4.69) is 4.74 Å². The lowest BCUT2D eigenvalue weighted by Gasteiger charge is -2.30. The van der Waals surface area contributed by atoms with E-state index in [4.69, 9.17) is 9.94 Å². The lowest BCUT2D eigenvalue weighted by Crippen LogP contribution is -2.43. The summed E-state index contributed by atoms with van der Waals surface area (Å²) in [5.41, 5.74) is 0.306. The van der Waals surface area contributed by atoms with Crippen molar-refractivity contribution in [3.63, 3.8) is 0 Å². The third-order valence-corrected chi connectivity index (χ3v) is 6.40. The van der Waals surface area contributed by atoms with E-state index in [1.807, 2.05) is 0 Å². The maximum atomic E-state index is 12.8. The average Bonchev–Trinajstić information content (AvgIpc) is 2.72. The van der Waals surface area contributed by atoms with Crippen LogP contribution >= 0.6 is 0 Å². The molecule has 1 atom stereocenters. The maximum Gasteiger partial charge on any atom is 0.573 e. The Morgan fingerprint density at radius 1 is 1.00 bits per heavy atom. The summed E-state index contributed by atoms with van der Waals surface area (Å²) < 4.78 is 71.4. The van der Waals surface area contributed by atoms with Crippen molar-refractivity contribution in [2.45, 2.75) is 25.1 Å². The van der Waals surface area contributed by atoms with E-state index in [9.17, 15) is 31.5 Å². The fraction of sp³-hybridized carbons (Fsp3) is 0.350. The molecule has 0 aliphatic carbocycles. The Balaban J connectivity index is 2.14. The summed E-state index contributed by atoms with van der Waals surface area (Å²) in [4.78, 5) is 11.8. The van der Waals surface area contributed by atoms with Crippen LogP contribution in [0.3, 0.4) is 0 Å². The zero-order valence-electron chi connectivity index (χ0n) is 17.1. The lowest BCUT2D eigenvalue weighted by molar-refractivity contribution is -0.274. The summed E-state index contributed by atoms with van der Waals surface area (Å²) in [6.45, 7) is 2.50. The zero-order chi connectivity index (χ0) is 24.2. The van der Waals surface area contributed by atoms with Gasteiger partial charge in [-0.15, -0.1) is 13.2 Å². The van der Waals surface area contributed by atoms with Crippen LogP contribution in [0.4, 0.5) is 13.2 Å². The molecule has 0 bridgehead atoms. The van der Waals surface area contributed by atoms with Gasteiger partial charge in [-0.05, 0) is 48.5 Å². The normalized spacial score (nSPS) is 13.3. The largest absolute Gasteiger partial charge is 0.573 e. The number of nitrogens with one attached hydrogen (secondary N) is 1. The highest BCUT2D eigenvalue weighted by Gasteiger charge is 2.38. The number of aliphatic hydroxyl groups excluding tert-OH is 1. The third-order valence-electron chi connectivity index (χ3n) is 4.64. The van der Waals surface area contributed by atoms with Crippen molar-refractivity contribution >= 4 is 15.7 Å². The second-order valence-corrected chi connectivity index (χ2v) is 9.58. The molecule has 1 unspecified atom stereocenters. The van der Waals surface area contributed by atoms with Crippen molar-refractivity contribution in [1.29, 1.82) is 0 Å². The predicted molar refractivity (Wildman–Crippen MR) is 106 cm³/mol. The zero-order valence-corrected chi connectivity index (χ0v) is 17.9. The molecule has 0 saturated carbocycles. The van der Waals surface area contributed by atoms with Crippen LogP contribution in [0.25, 0.3) is 0 Å². The number of halogens is 3. The van der Waals surface area contributed by atoms with Crippen molar-refractivity contribution in [2.24, 2.45) is 11.3 Å². The highest BCUT2D eigenvalue weighted by atomic mass is 32.2. The number of carbonyl (C=O) groups is 1. The summed E-state index contributed by atoms with van der Waals surface area (Å²) >= 11 is 0. The molecule has 1 amide bonds. The number of hydrogen-bond acceptors (Lipinski definition) is 7. The molecular weight excluding hydrogens is 455 g/mol. The van der Waals surface area contributed by atoms with Crippen LogP contribution in [-0.4, -0.2) is 43.4 Å². The first-order chi connectivity index (χ1) is 14.8. The number of carbonyl (C=O) groups excluding carboxylic acids is 1. The predicted octanol–water partition coefficient (Wildman–Crippen LogP) is 3.29. The highest BCUT2D eigenvalue weighted by molar-refractivity contribution is 7.91. The topological polar surface area (TPSA) is 122 Å². The van der Waals surface area contributed by atoms with E-state index in [-0.39, 0.29) is 16.4 Å². The summed E-state index contributed by atoms with van der Waals surface area (Å²) in [6, 6.07) is 9.79. The molecule has 0 heterocycles. The Bertz CT molecular complexity index is 1020. The molecule has 0 fully saturated rings. The summed E-state index contributed by atoms with van der Waals surface area (Å²) in [5.74, 6) is -2.83. The van der Waals surface area contributed by atoms with Crippen molar-refractivity contribution in [3.05, 3.63) is 48.5 Å². The number of ether oxygens (including phenoxy) is 2. The molecule has 0 aliphatic heterocycles. The molecule has 8 nitrogen and oxygen atoms in total. The second-order valence-electron chi connectivity index (χ2n) is 7.55. The number of aliphatic hydroxyl groups is 1. The summed E-state index contributed by atoms with van der Waals surface area (Å²) in [5, 5.41) is 18.4. The Hall–Kier alpha value is -2.83. The Morgan fingerprint density at radius 2 is 1.47 bits per heavy atom. The van der Waals surface area contributed by atoms with E-state index in [1.165, 1.54) is 55.7 Å². The molecule has 12 heteroatoms. The van der Waals surface area contributed by atoms with E-state index in [1.54, 1.807) is 0 Å². The van der Waals surface area contributed by atoms with Crippen LogP contribution < -0.4 is 15.0 Å². The van der Waals surface area contributed by atoms with Gasteiger partial charge in [0.1, 0.15) is 17.2 Å². The van der Waals surface area contributed by atoms with E-state index < -0.39 is 51.5 Å². The van der Waals surface area contributed by atoms with Crippen LogP contribution in [0.1, 0.15) is 13.8 Å². The van der Waals surface area contributed by atoms with E-state index in [0.29, 0.717) is 0 Å². The number of rotatable bonds is 9. The third kappa shape index (κ3) is 6.84. The number of benzene rings is 2. The maximum absolute atomic E-state index is 12.8. The minimum atomic E-state index is -4.81. The van der Waals surface area contributed by atoms with Gasteiger partial charge in [-0.3, -0.25) is 10.0 Å². The smallest absolute Gasteiger partial charge is 0.457 e. The number of alkyl halides is 3. The minimum Gasteiger partial charge on any atom is -0.457 e. The summed E-state index contributed by atoms with van der Waals surface area (Å²) in [7, 11) is -3.98. The van der Waals surface area contributed by atoms with Crippen LogP contribution in [0.2, 0.25) is 0 Å². The van der Waals surface area contributed by atoms with Crippen molar-refractivity contribution in [3.8, 4) is 17.2 Å². The molecule has 0 radical (unpaired) electrons. The van der Waals surface area contributed by atoms with Crippen LogP contribution in [-0.2, 0) is 14.6 Å². The Labute approximate surface area is 182 Å². The van der Waals surface area contributed by atoms with Gasteiger partial charge >= 0.3 is 6.36 Å². The lowest BCUT2D eigenvalue weighted by atomic mass is 9.80. The van der Waals surface area contributed by atoms with Crippen LogP contribution in [0, 0.1) is 11.3 Å². The van der Waals surface area contributed by atoms with Gasteiger partial charge in [-0.25, -0.2) is 13.9 Å². The number of sulfone groups is 1. The highest BCUT2D eigenvalue weighted by Crippen LogP contribution is 2.31. The quantitative estimate of drug-likeness (QED) is 0.374. The molecule has 0 saturated heterocycles. The van der Waals surface area contributed by atoms with Gasteiger partial charge in [0.15, 0.2) is 9.84 Å².